The molecule has 0 aliphatic heterocycles. The van der Waals surface area contributed by atoms with E-state index in [1.54, 1.807) is 12.1 Å². The first-order valence-electron chi connectivity index (χ1n) is 6.86. The van der Waals surface area contributed by atoms with Crippen molar-refractivity contribution >= 4 is 34.8 Å². The van der Waals surface area contributed by atoms with Crippen LogP contribution in [0.3, 0.4) is 0 Å². The zero-order valence-corrected chi connectivity index (χ0v) is 13.9. The molecule has 0 saturated heterocycles. The van der Waals surface area contributed by atoms with Gasteiger partial charge in [0.1, 0.15) is 0 Å². The molecule has 1 aromatic heterocycles. The number of aromatic amines is 1. The Morgan fingerprint density at radius 3 is 2.45 bits per heavy atom. The summed E-state index contributed by atoms with van der Waals surface area (Å²) < 4.78 is 0. The number of hydrogen-bond donors (Lipinski definition) is 1. The Hall–Kier alpha value is -1.48. The quantitative estimate of drug-likeness (QED) is 0.630. The summed E-state index contributed by atoms with van der Waals surface area (Å²) in [6.45, 7) is 0. The predicted octanol–water partition coefficient (Wildman–Crippen LogP) is 5.82. The summed E-state index contributed by atoms with van der Waals surface area (Å²) in [5.74, 6) is 0. The van der Waals surface area contributed by atoms with Gasteiger partial charge in [0.15, 0.2) is 0 Å². The average Bonchev–Trinajstić information content (AvgIpc) is 2.95. The highest BCUT2D eigenvalue weighted by molar-refractivity contribution is 6.36. The molecule has 0 saturated carbocycles. The van der Waals surface area contributed by atoms with Gasteiger partial charge in [-0.15, -0.1) is 0 Å². The van der Waals surface area contributed by atoms with Gasteiger partial charge in [0, 0.05) is 21.3 Å². The molecule has 0 radical (unpaired) electrons. The molecule has 3 aromatic rings. The minimum Gasteiger partial charge on any atom is -0.282 e. The van der Waals surface area contributed by atoms with Crippen molar-refractivity contribution in [2.75, 3.05) is 0 Å². The third-order valence-corrected chi connectivity index (χ3v) is 4.38. The van der Waals surface area contributed by atoms with Crippen LogP contribution >= 0.6 is 34.8 Å². The molecular weight excluding hydrogens is 339 g/mol. The molecule has 0 amide bonds. The molecule has 22 heavy (non-hydrogen) atoms. The van der Waals surface area contributed by atoms with Crippen LogP contribution < -0.4 is 0 Å². The largest absolute Gasteiger partial charge is 0.282 e. The number of halogens is 3. The van der Waals surface area contributed by atoms with Crippen LogP contribution in [0.25, 0.3) is 11.3 Å². The molecule has 5 heteroatoms. The van der Waals surface area contributed by atoms with E-state index in [1.807, 2.05) is 36.4 Å². The fourth-order valence-corrected chi connectivity index (χ4v) is 3.03. The van der Waals surface area contributed by atoms with Gasteiger partial charge in [0.2, 0.25) is 0 Å². The molecule has 0 bridgehead atoms. The van der Waals surface area contributed by atoms with E-state index in [4.69, 9.17) is 34.8 Å². The zero-order chi connectivity index (χ0) is 15.5. The molecule has 0 spiro atoms. The van der Waals surface area contributed by atoms with Gasteiger partial charge in [-0.1, -0.05) is 53.0 Å². The van der Waals surface area contributed by atoms with Crippen molar-refractivity contribution in [1.29, 1.82) is 0 Å². The maximum Gasteiger partial charge on any atom is 0.0938 e. The monoisotopic (exact) mass is 350 g/mol. The first kappa shape index (κ1) is 15.4. The lowest BCUT2D eigenvalue weighted by molar-refractivity contribution is 0.893. The van der Waals surface area contributed by atoms with Crippen molar-refractivity contribution in [2.24, 2.45) is 0 Å². The lowest BCUT2D eigenvalue weighted by Gasteiger charge is -2.02. The van der Waals surface area contributed by atoms with Crippen LogP contribution in [-0.4, -0.2) is 10.2 Å². The minimum atomic E-state index is 0.594. The summed E-state index contributed by atoms with van der Waals surface area (Å²) in [7, 11) is 0. The van der Waals surface area contributed by atoms with E-state index in [0.717, 1.165) is 40.4 Å². The molecule has 2 nitrogen and oxygen atoms in total. The van der Waals surface area contributed by atoms with E-state index in [1.165, 1.54) is 0 Å². The summed E-state index contributed by atoms with van der Waals surface area (Å²) >= 11 is 18.3. The predicted molar refractivity (Wildman–Crippen MR) is 92.9 cm³/mol. The van der Waals surface area contributed by atoms with Crippen molar-refractivity contribution < 1.29 is 0 Å². The fourth-order valence-electron chi connectivity index (χ4n) is 2.30. The number of benzene rings is 2. The third kappa shape index (κ3) is 3.46. The second-order valence-corrected chi connectivity index (χ2v) is 6.24. The molecule has 0 unspecified atom stereocenters. The van der Waals surface area contributed by atoms with Crippen LogP contribution in [0, 0.1) is 0 Å². The lowest BCUT2D eigenvalue weighted by atomic mass is 10.1. The number of hydrogen-bond acceptors (Lipinski definition) is 1. The number of nitrogens with one attached hydrogen (secondary N) is 1. The second kappa shape index (κ2) is 6.74. The molecule has 0 atom stereocenters. The van der Waals surface area contributed by atoms with Crippen molar-refractivity contribution in [3.8, 4) is 11.3 Å². The Bertz CT molecular complexity index is 796. The van der Waals surface area contributed by atoms with E-state index < -0.39 is 0 Å². The Kier molecular flexibility index (Phi) is 4.72. The van der Waals surface area contributed by atoms with Gasteiger partial charge in [0.25, 0.3) is 0 Å². The summed E-state index contributed by atoms with van der Waals surface area (Å²) in [6, 6.07) is 15.3. The highest BCUT2D eigenvalue weighted by atomic mass is 35.5. The number of H-pyrrole nitrogens is 1. The number of aromatic nitrogens is 2. The Labute approximate surface area is 144 Å². The van der Waals surface area contributed by atoms with E-state index >= 15 is 0 Å². The van der Waals surface area contributed by atoms with Crippen LogP contribution in [0.4, 0.5) is 0 Å². The van der Waals surface area contributed by atoms with Crippen molar-refractivity contribution in [3.05, 3.63) is 74.9 Å². The topological polar surface area (TPSA) is 28.7 Å². The maximum absolute atomic E-state index is 6.21. The van der Waals surface area contributed by atoms with E-state index in [2.05, 4.69) is 10.2 Å². The summed E-state index contributed by atoms with van der Waals surface area (Å²) in [5, 5.41) is 9.38. The third-order valence-electron chi connectivity index (χ3n) is 3.46. The SMILES string of the molecule is Clc1ccc(-c2cc(CCc3ccccc3Cl)[nH]n2)c(Cl)c1. The van der Waals surface area contributed by atoms with Crippen LogP contribution in [-0.2, 0) is 12.8 Å². The Morgan fingerprint density at radius 1 is 0.864 bits per heavy atom. The first-order valence-corrected chi connectivity index (χ1v) is 8.00. The second-order valence-electron chi connectivity index (χ2n) is 4.99. The van der Waals surface area contributed by atoms with E-state index in [-0.39, 0.29) is 0 Å². The van der Waals surface area contributed by atoms with Gasteiger partial charge in [0.05, 0.1) is 10.7 Å². The molecule has 112 valence electrons. The molecular formula is C17H13Cl3N2. The molecule has 3 rings (SSSR count). The fraction of sp³-hybridized carbons (Fsp3) is 0.118. The zero-order valence-electron chi connectivity index (χ0n) is 11.6. The van der Waals surface area contributed by atoms with Gasteiger partial charge in [-0.3, -0.25) is 5.10 Å². The summed E-state index contributed by atoms with van der Waals surface area (Å²) in [6.07, 6.45) is 1.69. The van der Waals surface area contributed by atoms with Gasteiger partial charge >= 0.3 is 0 Å². The minimum absolute atomic E-state index is 0.594. The van der Waals surface area contributed by atoms with Gasteiger partial charge in [-0.25, -0.2) is 0 Å². The van der Waals surface area contributed by atoms with Crippen LogP contribution in [0.5, 0.6) is 0 Å². The van der Waals surface area contributed by atoms with Crippen LogP contribution in [0.1, 0.15) is 11.3 Å². The molecule has 1 heterocycles. The Balaban J connectivity index is 1.75. The number of nitrogens with zero attached hydrogens (tertiary/aromatic N) is 1. The van der Waals surface area contributed by atoms with Gasteiger partial charge in [-0.2, -0.15) is 5.10 Å². The lowest BCUT2D eigenvalue weighted by Crippen LogP contribution is -1.92. The number of rotatable bonds is 4. The standard InChI is InChI=1S/C17H13Cl3N2/c18-12-6-8-14(16(20)9-12)17-10-13(21-22-17)7-5-11-3-1-2-4-15(11)19/h1-4,6,8-10H,5,7H2,(H,21,22). The first-order chi connectivity index (χ1) is 10.6. The number of aryl methyl sites for hydroxylation is 2. The Morgan fingerprint density at radius 2 is 1.68 bits per heavy atom. The molecule has 0 aliphatic rings. The average molecular weight is 352 g/mol. The molecule has 1 N–H and O–H groups in total. The molecule has 0 aliphatic carbocycles. The summed E-state index contributed by atoms with van der Waals surface area (Å²) in [4.78, 5) is 0. The van der Waals surface area contributed by atoms with E-state index in [9.17, 15) is 0 Å². The van der Waals surface area contributed by atoms with E-state index in [0.29, 0.717) is 10.0 Å². The van der Waals surface area contributed by atoms with Gasteiger partial charge in [-0.05, 0) is 48.7 Å². The van der Waals surface area contributed by atoms with Crippen LogP contribution in [0.2, 0.25) is 15.1 Å². The van der Waals surface area contributed by atoms with Crippen molar-refractivity contribution in [1.82, 2.24) is 10.2 Å². The molecule has 0 fully saturated rings. The van der Waals surface area contributed by atoms with Crippen molar-refractivity contribution in [3.63, 3.8) is 0 Å². The molecule has 2 aromatic carbocycles. The smallest absolute Gasteiger partial charge is 0.0938 e. The highest BCUT2D eigenvalue weighted by Gasteiger charge is 2.09. The summed E-state index contributed by atoms with van der Waals surface area (Å²) in [5.41, 5.74) is 3.85. The van der Waals surface area contributed by atoms with Crippen molar-refractivity contribution in [2.45, 2.75) is 12.8 Å². The van der Waals surface area contributed by atoms with Crippen LogP contribution in [0.15, 0.2) is 48.5 Å². The van der Waals surface area contributed by atoms with Gasteiger partial charge < -0.3 is 0 Å². The maximum atomic E-state index is 6.21. The normalized spacial score (nSPS) is 10.9. The highest BCUT2D eigenvalue weighted by Crippen LogP contribution is 2.29.